The van der Waals surface area contributed by atoms with Crippen molar-refractivity contribution in [2.75, 3.05) is 0 Å². The molecule has 1 aromatic carbocycles. The molecule has 0 unspecified atom stereocenters. The molecule has 0 aliphatic heterocycles. The summed E-state index contributed by atoms with van der Waals surface area (Å²) in [5, 5.41) is 1.44. The third kappa shape index (κ3) is 2.64. The van der Waals surface area contributed by atoms with Crippen LogP contribution in [-0.4, -0.2) is 13.1 Å². The van der Waals surface area contributed by atoms with Crippen LogP contribution in [0.1, 0.15) is 6.92 Å². The van der Waals surface area contributed by atoms with Gasteiger partial charge in [-0.2, -0.15) is 0 Å². The minimum Gasteiger partial charge on any atom is -0.256 e. The summed E-state index contributed by atoms with van der Waals surface area (Å²) in [5.74, 6) is 0. The Morgan fingerprint density at radius 2 is 1.71 bits per heavy atom. The highest BCUT2D eigenvalue weighted by Crippen LogP contribution is 2.16. The maximum atomic E-state index is 4.60. The smallest absolute Gasteiger partial charge is 0.0823 e. The molecule has 17 heavy (non-hydrogen) atoms. The fraction of sp³-hybridized carbons (Fsp3) is 0.267. The molecular formula is C15H19NSi. The SMILES string of the molecule is CC[Si](C)(C)c1ccc(-c2ccccc2)nc1. The molecule has 2 aromatic rings. The van der Waals surface area contributed by atoms with Crippen LogP contribution in [0.4, 0.5) is 0 Å². The van der Waals surface area contributed by atoms with Crippen LogP contribution in [0, 0.1) is 0 Å². The second kappa shape index (κ2) is 4.84. The molecule has 0 aliphatic carbocycles. The van der Waals surface area contributed by atoms with Crippen molar-refractivity contribution in [3.8, 4) is 11.3 Å². The third-order valence-corrected chi connectivity index (χ3v) is 7.12. The second-order valence-corrected chi connectivity index (χ2v) is 10.1. The highest BCUT2D eigenvalue weighted by atomic mass is 28.3. The van der Waals surface area contributed by atoms with Gasteiger partial charge in [0.05, 0.1) is 13.8 Å². The molecule has 0 spiro atoms. The van der Waals surface area contributed by atoms with Gasteiger partial charge >= 0.3 is 0 Å². The van der Waals surface area contributed by atoms with E-state index in [0.29, 0.717) is 0 Å². The molecule has 1 heterocycles. The normalized spacial score (nSPS) is 11.5. The van der Waals surface area contributed by atoms with Crippen LogP contribution in [0.25, 0.3) is 11.3 Å². The van der Waals surface area contributed by atoms with E-state index >= 15 is 0 Å². The lowest BCUT2D eigenvalue weighted by atomic mass is 10.1. The number of hydrogen-bond acceptors (Lipinski definition) is 1. The number of pyridine rings is 1. The van der Waals surface area contributed by atoms with E-state index in [2.05, 4.69) is 67.6 Å². The van der Waals surface area contributed by atoms with Crippen LogP contribution in [0.5, 0.6) is 0 Å². The predicted octanol–water partition coefficient (Wildman–Crippen LogP) is 3.68. The van der Waals surface area contributed by atoms with Crippen molar-refractivity contribution in [3.05, 3.63) is 48.7 Å². The molecule has 0 aliphatic rings. The number of benzene rings is 1. The van der Waals surface area contributed by atoms with E-state index in [0.717, 1.165) is 5.69 Å². The molecule has 0 bridgehead atoms. The van der Waals surface area contributed by atoms with Gasteiger partial charge in [0, 0.05) is 11.8 Å². The molecule has 0 amide bonds. The maximum Gasteiger partial charge on any atom is 0.0823 e. The van der Waals surface area contributed by atoms with Crippen LogP contribution in [0.3, 0.4) is 0 Å². The molecule has 0 radical (unpaired) electrons. The Bertz CT molecular complexity index is 474. The van der Waals surface area contributed by atoms with Crippen molar-refractivity contribution < 1.29 is 0 Å². The standard InChI is InChI=1S/C15H19NSi/c1-4-17(2,3)14-10-11-15(16-12-14)13-8-6-5-7-9-13/h5-12H,4H2,1-3H3. The average Bonchev–Trinajstić information content (AvgIpc) is 2.40. The fourth-order valence-electron chi connectivity index (χ4n) is 1.78. The summed E-state index contributed by atoms with van der Waals surface area (Å²) >= 11 is 0. The highest BCUT2D eigenvalue weighted by molar-refractivity contribution is 6.89. The third-order valence-electron chi connectivity index (χ3n) is 3.50. The van der Waals surface area contributed by atoms with Crippen molar-refractivity contribution >= 4 is 13.3 Å². The first-order valence-electron chi connectivity index (χ1n) is 6.15. The molecular weight excluding hydrogens is 222 g/mol. The van der Waals surface area contributed by atoms with Crippen LogP contribution >= 0.6 is 0 Å². The Balaban J connectivity index is 2.31. The van der Waals surface area contributed by atoms with Gasteiger partial charge in [-0.1, -0.05) is 62.5 Å². The first-order valence-corrected chi connectivity index (χ1v) is 9.36. The van der Waals surface area contributed by atoms with Crippen LogP contribution in [0.15, 0.2) is 48.7 Å². The van der Waals surface area contributed by atoms with Crippen molar-refractivity contribution in [1.82, 2.24) is 4.98 Å². The summed E-state index contributed by atoms with van der Waals surface area (Å²) in [4.78, 5) is 4.60. The molecule has 1 nitrogen and oxygen atoms in total. The van der Waals surface area contributed by atoms with Gasteiger partial charge in [-0.3, -0.25) is 4.98 Å². The molecule has 0 saturated carbocycles. The minimum absolute atomic E-state index is 1.07. The van der Waals surface area contributed by atoms with Gasteiger partial charge < -0.3 is 0 Å². The van der Waals surface area contributed by atoms with Gasteiger partial charge in [-0.15, -0.1) is 0 Å². The van der Waals surface area contributed by atoms with E-state index in [9.17, 15) is 0 Å². The van der Waals surface area contributed by atoms with E-state index < -0.39 is 8.07 Å². The number of aromatic nitrogens is 1. The van der Waals surface area contributed by atoms with Gasteiger partial charge in [0.25, 0.3) is 0 Å². The highest BCUT2D eigenvalue weighted by Gasteiger charge is 2.20. The van der Waals surface area contributed by atoms with E-state index in [1.54, 1.807) is 0 Å². The fourth-order valence-corrected chi connectivity index (χ4v) is 3.13. The summed E-state index contributed by atoms with van der Waals surface area (Å²) < 4.78 is 0. The summed E-state index contributed by atoms with van der Waals surface area (Å²) in [6.45, 7) is 7.07. The van der Waals surface area contributed by atoms with Gasteiger partial charge in [0.15, 0.2) is 0 Å². The Kier molecular flexibility index (Phi) is 3.43. The first-order chi connectivity index (χ1) is 8.13. The van der Waals surface area contributed by atoms with Crippen molar-refractivity contribution in [2.45, 2.75) is 26.1 Å². The zero-order valence-electron chi connectivity index (χ0n) is 10.8. The first kappa shape index (κ1) is 12.1. The minimum atomic E-state index is -1.24. The van der Waals surface area contributed by atoms with Crippen molar-refractivity contribution in [2.24, 2.45) is 0 Å². The Hall–Kier alpha value is -1.41. The lowest BCUT2D eigenvalue weighted by molar-refractivity contribution is 1.32. The molecule has 88 valence electrons. The maximum absolute atomic E-state index is 4.60. The average molecular weight is 241 g/mol. The molecule has 0 atom stereocenters. The summed E-state index contributed by atoms with van der Waals surface area (Å²) in [7, 11) is -1.24. The Labute approximate surface area is 105 Å². The van der Waals surface area contributed by atoms with E-state index in [4.69, 9.17) is 0 Å². The van der Waals surface area contributed by atoms with Gasteiger partial charge in [0.1, 0.15) is 0 Å². The number of nitrogens with zero attached hydrogens (tertiary/aromatic N) is 1. The van der Waals surface area contributed by atoms with Crippen LogP contribution < -0.4 is 5.19 Å². The second-order valence-electron chi connectivity index (χ2n) is 5.04. The Morgan fingerprint density at radius 3 is 2.24 bits per heavy atom. The largest absolute Gasteiger partial charge is 0.256 e. The van der Waals surface area contributed by atoms with E-state index in [1.807, 2.05) is 6.07 Å². The molecule has 2 heteroatoms. The molecule has 1 aromatic heterocycles. The van der Waals surface area contributed by atoms with Crippen LogP contribution in [0.2, 0.25) is 19.1 Å². The number of rotatable bonds is 3. The molecule has 0 saturated heterocycles. The lowest BCUT2D eigenvalue weighted by Gasteiger charge is -2.20. The summed E-state index contributed by atoms with van der Waals surface area (Å²) in [5.41, 5.74) is 2.25. The topological polar surface area (TPSA) is 12.9 Å². The molecule has 0 fully saturated rings. The summed E-state index contributed by atoms with van der Waals surface area (Å²) in [6, 6.07) is 16.0. The predicted molar refractivity (Wildman–Crippen MR) is 77.3 cm³/mol. The lowest BCUT2D eigenvalue weighted by Crippen LogP contribution is -2.40. The molecule has 0 N–H and O–H groups in total. The Morgan fingerprint density at radius 1 is 1.00 bits per heavy atom. The van der Waals surface area contributed by atoms with Gasteiger partial charge in [-0.05, 0) is 11.3 Å². The van der Waals surface area contributed by atoms with Gasteiger partial charge in [0.2, 0.25) is 0 Å². The van der Waals surface area contributed by atoms with E-state index in [1.165, 1.54) is 16.8 Å². The number of hydrogen-bond donors (Lipinski definition) is 0. The monoisotopic (exact) mass is 241 g/mol. The van der Waals surface area contributed by atoms with E-state index in [-0.39, 0.29) is 0 Å². The summed E-state index contributed by atoms with van der Waals surface area (Å²) in [6.07, 6.45) is 2.07. The van der Waals surface area contributed by atoms with Crippen molar-refractivity contribution in [3.63, 3.8) is 0 Å². The van der Waals surface area contributed by atoms with Crippen LogP contribution in [-0.2, 0) is 0 Å². The van der Waals surface area contributed by atoms with Gasteiger partial charge in [-0.25, -0.2) is 0 Å². The zero-order chi connectivity index (χ0) is 12.3. The quantitative estimate of drug-likeness (QED) is 0.747. The van der Waals surface area contributed by atoms with Crippen molar-refractivity contribution in [1.29, 1.82) is 0 Å². The zero-order valence-corrected chi connectivity index (χ0v) is 11.8. The molecule has 2 rings (SSSR count).